The Hall–Kier alpha value is -1.02. The van der Waals surface area contributed by atoms with Gasteiger partial charge in [0.1, 0.15) is 5.75 Å². The largest absolute Gasteiger partial charge is 0.496 e. The monoisotopic (exact) mass is 177 g/mol. The molecule has 2 heteroatoms. The van der Waals surface area contributed by atoms with E-state index in [0.717, 1.165) is 12.3 Å². The molecule has 1 unspecified atom stereocenters. The van der Waals surface area contributed by atoms with Crippen LogP contribution in [0.15, 0.2) is 24.3 Å². The molecule has 1 aliphatic rings. The Labute approximate surface area is 78.7 Å². The molecule has 1 aromatic rings. The number of benzene rings is 1. The maximum Gasteiger partial charge on any atom is 0.122 e. The van der Waals surface area contributed by atoms with Gasteiger partial charge in [-0.05, 0) is 36.4 Å². The van der Waals surface area contributed by atoms with E-state index in [1.54, 1.807) is 7.11 Å². The van der Waals surface area contributed by atoms with E-state index >= 15 is 0 Å². The Morgan fingerprint density at radius 3 is 2.85 bits per heavy atom. The van der Waals surface area contributed by atoms with Gasteiger partial charge in [0, 0.05) is 0 Å². The zero-order chi connectivity index (χ0) is 9.26. The van der Waals surface area contributed by atoms with Gasteiger partial charge in [0.25, 0.3) is 0 Å². The van der Waals surface area contributed by atoms with Crippen LogP contribution in [0.2, 0.25) is 0 Å². The normalized spacial score (nSPS) is 25.7. The molecule has 0 aliphatic heterocycles. The first kappa shape index (κ1) is 8.57. The topological polar surface area (TPSA) is 35.2 Å². The quantitative estimate of drug-likeness (QED) is 0.763. The predicted molar refractivity (Wildman–Crippen MR) is 52.9 cm³/mol. The molecule has 2 atom stereocenters. The number of ether oxygens (including phenoxy) is 1. The van der Waals surface area contributed by atoms with Crippen molar-refractivity contribution >= 4 is 0 Å². The van der Waals surface area contributed by atoms with Crippen LogP contribution in [0.5, 0.6) is 5.75 Å². The van der Waals surface area contributed by atoms with Crippen LogP contribution < -0.4 is 10.5 Å². The van der Waals surface area contributed by atoms with E-state index in [4.69, 9.17) is 10.5 Å². The van der Waals surface area contributed by atoms with Gasteiger partial charge in [-0.3, -0.25) is 0 Å². The molecule has 0 aromatic heterocycles. The summed E-state index contributed by atoms with van der Waals surface area (Å²) in [5, 5.41) is 0. The van der Waals surface area contributed by atoms with Crippen molar-refractivity contribution in [1.29, 1.82) is 0 Å². The van der Waals surface area contributed by atoms with E-state index in [9.17, 15) is 0 Å². The molecule has 0 saturated heterocycles. The van der Waals surface area contributed by atoms with E-state index in [2.05, 4.69) is 12.1 Å². The third-order valence-electron chi connectivity index (χ3n) is 2.76. The highest BCUT2D eigenvalue weighted by molar-refractivity contribution is 5.39. The van der Waals surface area contributed by atoms with Gasteiger partial charge in [-0.2, -0.15) is 0 Å². The average molecular weight is 177 g/mol. The van der Waals surface area contributed by atoms with E-state index in [1.165, 1.54) is 12.0 Å². The summed E-state index contributed by atoms with van der Waals surface area (Å²) in [7, 11) is 1.72. The number of rotatable bonds is 3. The third kappa shape index (κ3) is 1.54. The van der Waals surface area contributed by atoms with Gasteiger partial charge in [0.05, 0.1) is 7.11 Å². The van der Waals surface area contributed by atoms with Gasteiger partial charge < -0.3 is 10.5 Å². The SMILES string of the molecule is COc1ccccc1C1C[C@H]1CN. The lowest BCUT2D eigenvalue weighted by molar-refractivity contribution is 0.409. The van der Waals surface area contributed by atoms with Crippen LogP contribution in [0, 0.1) is 5.92 Å². The second-order valence-corrected chi connectivity index (χ2v) is 3.58. The van der Waals surface area contributed by atoms with E-state index in [0.29, 0.717) is 11.8 Å². The van der Waals surface area contributed by atoms with Crippen molar-refractivity contribution in [1.82, 2.24) is 0 Å². The van der Waals surface area contributed by atoms with Crippen molar-refractivity contribution in [2.24, 2.45) is 11.7 Å². The van der Waals surface area contributed by atoms with Crippen molar-refractivity contribution < 1.29 is 4.74 Å². The number of para-hydroxylation sites is 1. The molecular weight excluding hydrogens is 162 g/mol. The summed E-state index contributed by atoms with van der Waals surface area (Å²) < 4.78 is 5.30. The maximum absolute atomic E-state index is 5.61. The lowest BCUT2D eigenvalue weighted by Crippen LogP contribution is -2.02. The number of methoxy groups -OCH3 is 1. The number of hydrogen-bond donors (Lipinski definition) is 1. The molecule has 0 amide bonds. The Morgan fingerprint density at radius 1 is 1.46 bits per heavy atom. The Bertz CT molecular complexity index is 298. The minimum Gasteiger partial charge on any atom is -0.496 e. The van der Waals surface area contributed by atoms with E-state index in [1.807, 2.05) is 12.1 Å². The molecule has 2 N–H and O–H groups in total. The molecule has 1 aliphatic carbocycles. The lowest BCUT2D eigenvalue weighted by atomic mass is 10.1. The summed E-state index contributed by atoms with van der Waals surface area (Å²) >= 11 is 0. The van der Waals surface area contributed by atoms with Crippen molar-refractivity contribution in [3.8, 4) is 5.75 Å². The molecule has 0 radical (unpaired) electrons. The van der Waals surface area contributed by atoms with Crippen LogP contribution in [0.25, 0.3) is 0 Å². The number of hydrogen-bond acceptors (Lipinski definition) is 2. The van der Waals surface area contributed by atoms with Crippen molar-refractivity contribution in [3.63, 3.8) is 0 Å². The lowest BCUT2D eigenvalue weighted by Gasteiger charge is -2.06. The van der Waals surface area contributed by atoms with Crippen LogP contribution in [-0.2, 0) is 0 Å². The Morgan fingerprint density at radius 2 is 2.23 bits per heavy atom. The van der Waals surface area contributed by atoms with Crippen LogP contribution in [0.3, 0.4) is 0 Å². The average Bonchev–Trinajstić information content (AvgIpc) is 2.96. The van der Waals surface area contributed by atoms with Crippen LogP contribution >= 0.6 is 0 Å². The molecule has 1 aromatic carbocycles. The van der Waals surface area contributed by atoms with Crippen molar-refractivity contribution in [2.75, 3.05) is 13.7 Å². The summed E-state index contributed by atoms with van der Waals surface area (Å²) in [5.41, 5.74) is 6.93. The van der Waals surface area contributed by atoms with Gasteiger partial charge >= 0.3 is 0 Å². The fraction of sp³-hybridized carbons (Fsp3) is 0.455. The Balaban J connectivity index is 2.20. The minimum absolute atomic E-state index is 0.640. The van der Waals surface area contributed by atoms with Gasteiger partial charge in [0.15, 0.2) is 0 Å². The molecular formula is C11H15NO. The Kier molecular flexibility index (Phi) is 2.23. The standard InChI is InChI=1S/C11H15NO/c1-13-11-5-3-2-4-9(11)10-6-8(10)7-12/h2-5,8,10H,6-7,12H2,1H3/t8-,10?/m0/s1. The second kappa shape index (κ2) is 3.38. The van der Waals surface area contributed by atoms with E-state index < -0.39 is 0 Å². The maximum atomic E-state index is 5.61. The van der Waals surface area contributed by atoms with Crippen LogP contribution in [-0.4, -0.2) is 13.7 Å². The smallest absolute Gasteiger partial charge is 0.122 e. The van der Waals surface area contributed by atoms with Crippen LogP contribution in [0.1, 0.15) is 17.9 Å². The first-order chi connectivity index (χ1) is 6.36. The highest BCUT2D eigenvalue weighted by Crippen LogP contribution is 2.49. The summed E-state index contributed by atoms with van der Waals surface area (Å²) in [6, 6.07) is 8.21. The molecule has 70 valence electrons. The second-order valence-electron chi connectivity index (χ2n) is 3.58. The van der Waals surface area contributed by atoms with Gasteiger partial charge in [0.2, 0.25) is 0 Å². The highest BCUT2D eigenvalue weighted by atomic mass is 16.5. The molecule has 0 bridgehead atoms. The zero-order valence-electron chi connectivity index (χ0n) is 7.86. The number of nitrogens with two attached hydrogens (primary N) is 1. The molecule has 2 nitrogen and oxygen atoms in total. The highest BCUT2D eigenvalue weighted by Gasteiger charge is 2.38. The first-order valence-electron chi connectivity index (χ1n) is 4.69. The summed E-state index contributed by atoms with van der Waals surface area (Å²) in [6.45, 7) is 0.794. The third-order valence-corrected chi connectivity index (χ3v) is 2.76. The molecule has 13 heavy (non-hydrogen) atoms. The molecule has 1 fully saturated rings. The summed E-state index contributed by atoms with van der Waals surface area (Å²) in [5.74, 6) is 2.32. The fourth-order valence-corrected chi connectivity index (χ4v) is 1.86. The summed E-state index contributed by atoms with van der Waals surface area (Å²) in [4.78, 5) is 0. The molecule has 2 rings (SSSR count). The van der Waals surface area contributed by atoms with Crippen molar-refractivity contribution in [2.45, 2.75) is 12.3 Å². The zero-order valence-corrected chi connectivity index (χ0v) is 7.86. The van der Waals surface area contributed by atoms with Crippen molar-refractivity contribution in [3.05, 3.63) is 29.8 Å². The van der Waals surface area contributed by atoms with Gasteiger partial charge in [-0.25, -0.2) is 0 Å². The minimum atomic E-state index is 0.640. The first-order valence-corrected chi connectivity index (χ1v) is 4.69. The fourth-order valence-electron chi connectivity index (χ4n) is 1.86. The van der Waals surface area contributed by atoms with Gasteiger partial charge in [-0.1, -0.05) is 18.2 Å². The van der Waals surface area contributed by atoms with E-state index in [-0.39, 0.29) is 0 Å². The molecule has 0 heterocycles. The predicted octanol–water partition coefficient (Wildman–Crippen LogP) is 1.76. The van der Waals surface area contributed by atoms with Gasteiger partial charge in [-0.15, -0.1) is 0 Å². The van der Waals surface area contributed by atoms with Crippen LogP contribution in [0.4, 0.5) is 0 Å². The molecule has 1 saturated carbocycles. The molecule has 0 spiro atoms. The summed E-state index contributed by atoms with van der Waals surface area (Å²) in [6.07, 6.45) is 1.22.